The molecule has 0 unspecified atom stereocenters. The maximum Gasteiger partial charge on any atom is 0.129 e. The molecular formula is C12H13ClFN3. The molecule has 0 aliphatic carbocycles. The van der Waals surface area contributed by atoms with Crippen LogP contribution in [0, 0.1) is 12.7 Å². The monoisotopic (exact) mass is 253 g/mol. The predicted molar refractivity (Wildman–Crippen MR) is 66.0 cm³/mol. The average molecular weight is 254 g/mol. The van der Waals surface area contributed by atoms with Crippen LogP contribution in [0.15, 0.2) is 24.4 Å². The van der Waals surface area contributed by atoms with E-state index in [-0.39, 0.29) is 5.82 Å². The van der Waals surface area contributed by atoms with E-state index < -0.39 is 0 Å². The first-order chi connectivity index (χ1) is 8.13. The largest absolute Gasteiger partial charge is 0.316 e. The van der Waals surface area contributed by atoms with Crippen molar-refractivity contribution < 1.29 is 4.39 Å². The number of aromatic nitrogens is 2. The SMILES string of the molecule is CNCc1c(F)cccc1-n1cc(Cl)c(C)n1. The molecule has 2 rings (SSSR count). The van der Waals surface area contributed by atoms with Gasteiger partial charge in [-0.15, -0.1) is 0 Å². The number of nitrogens with zero attached hydrogens (tertiary/aromatic N) is 2. The Morgan fingerprint density at radius 2 is 2.24 bits per heavy atom. The smallest absolute Gasteiger partial charge is 0.129 e. The molecule has 90 valence electrons. The Kier molecular flexibility index (Phi) is 3.45. The fraction of sp³-hybridized carbons (Fsp3) is 0.250. The number of halogens is 2. The minimum Gasteiger partial charge on any atom is -0.316 e. The maximum atomic E-state index is 13.7. The molecule has 17 heavy (non-hydrogen) atoms. The van der Waals surface area contributed by atoms with Gasteiger partial charge < -0.3 is 5.32 Å². The molecule has 1 N–H and O–H groups in total. The Balaban J connectivity index is 2.54. The Morgan fingerprint density at radius 1 is 1.47 bits per heavy atom. The van der Waals surface area contributed by atoms with Crippen molar-refractivity contribution >= 4 is 11.6 Å². The molecule has 0 spiro atoms. The van der Waals surface area contributed by atoms with Gasteiger partial charge in [-0.3, -0.25) is 0 Å². The van der Waals surface area contributed by atoms with Gasteiger partial charge in [-0.1, -0.05) is 17.7 Å². The number of nitrogens with one attached hydrogen (secondary N) is 1. The van der Waals surface area contributed by atoms with Gasteiger partial charge in [0.25, 0.3) is 0 Å². The number of benzene rings is 1. The first kappa shape index (κ1) is 12.1. The number of hydrogen-bond donors (Lipinski definition) is 1. The quantitative estimate of drug-likeness (QED) is 0.912. The van der Waals surface area contributed by atoms with Crippen LogP contribution in [0.25, 0.3) is 5.69 Å². The van der Waals surface area contributed by atoms with E-state index in [1.807, 2.05) is 13.0 Å². The van der Waals surface area contributed by atoms with Crippen molar-refractivity contribution in [2.75, 3.05) is 7.05 Å². The summed E-state index contributed by atoms with van der Waals surface area (Å²) in [5, 5.41) is 7.77. The van der Waals surface area contributed by atoms with Gasteiger partial charge in [-0.2, -0.15) is 5.10 Å². The van der Waals surface area contributed by atoms with Gasteiger partial charge in [0.05, 0.1) is 16.4 Å². The zero-order valence-electron chi connectivity index (χ0n) is 9.67. The van der Waals surface area contributed by atoms with Gasteiger partial charge in [-0.05, 0) is 26.1 Å². The van der Waals surface area contributed by atoms with E-state index >= 15 is 0 Å². The van der Waals surface area contributed by atoms with Crippen molar-refractivity contribution in [2.45, 2.75) is 13.5 Å². The van der Waals surface area contributed by atoms with Crippen LogP contribution in [0.2, 0.25) is 5.02 Å². The molecule has 0 aliphatic heterocycles. The van der Waals surface area contributed by atoms with Crippen LogP contribution in [-0.2, 0) is 6.54 Å². The molecular weight excluding hydrogens is 241 g/mol. The zero-order valence-corrected chi connectivity index (χ0v) is 10.4. The first-order valence-corrected chi connectivity index (χ1v) is 5.65. The fourth-order valence-corrected chi connectivity index (χ4v) is 1.81. The Morgan fingerprint density at radius 3 is 2.82 bits per heavy atom. The summed E-state index contributed by atoms with van der Waals surface area (Å²) < 4.78 is 15.3. The Hall–Kier alpha value is -1.39. The highest BCUT2D eigenvalue weighted by molar-refractivity contribution is 6.31. The molecule has 0 radical (unpaired) electrons. The van der Waals surface area contributed by atoms with E-state index in [1.165, 1.54) is 6.07 Å². The summed E-state index contributed by atoms with van der Waals surface area (Å²) in [7, 11) is 1.78. The van der Waals surface area contributed by atoms with Gasteiger partial charge in [0.2, 0.25) is 0 Å². The first-order valence-electron chi connectivity index (χ1n) is 5.27. The maximum absolute atomic E-state index is 13.7. The fourth-order valence-electron chi connectivity index (χ4n) is 1.68. The summed E-state index contributed by atoms with van der Waals surface area (Å²) in [6.45, 7) is 2.26. The van der Waals surface area contributed by atoms with Crippen molar-refractivity contribution in [1.82, 2.24) is 15.1 Å². The van der Waals surface area contributed by atoms with Crippen LogP contribution in [0.5, 0.6) is 0 Å². The lowest BCUT2D eigenvalue weighted by molar-refractivity contribution is 0.596. The minimum atomic E-state index is -0.249. The third-order valence-electron chi connectivity index (χ3n) is 2.53. The van der Waals surface area contributed by atoms with Gasteiger partial charge in [0, 0.05) is 18.3 Å². The van der Waals surface area contributed by atoms with Crippen molar-refractivity contribution in [3.05, 3.63) is 46.5 Å². The summed E-state index contributed by atoms with van der Waals surface area (Å²) in [5.41, 5.74) is 2.01. The summed E-state index contributed by atoms with van der Waals surface area (Å²) >= 11 is 5.96. The highest BCUT2D eigenvalue weighted by atomic mass is 35.5. The lowest BCUT2D eigenvalue weighted by atomic mass is 10.1. The number of aryl methyl sites for hydroxylation is 1. The normalized spacial score (nSPS) is 10.8. The molecule has 0 saturated carbocycles. The molecule has 3 nitrogen and oxygen atoms in total. The van der Waals surface area contributed by atoms with E-state index in [4.69, 9.17) is 11.6 Å². The highest BCUT2D eigenvalue weighted by Crippen LogP contribution is 2.21. The average Bonchev–Trinajstić information content (AvgIpc) is 2.62. The molecule has 1 aromatic heterocycles. The lowest BCUT2D eigenvalue weighted by Crippen LogP contribution is -2.11. The molecule has 2 aromatic rings. The van der Waals surface area contributed by atoms with Gasteiger partial charge in [0.1, 0.15) is 5.82 Å². The molecule has 1 aromatic carbocycles. The molecule has 0 atom stereocenters. The third-order valence-corrected chi connectivity index (χ3v) is 2.90. The van der Waals surface area contributed by atoms with Crippen molar-refractivity contribution in [3.8, 4) is 5.69 Å². The standard InChI is InChI=1S/C12H13ClFN3/c1-8-10(13)7-17(16-8)12-5-3-4-11(14)9(12)6-15-2/h3-5,7,15H,6H2,1-2H3. The van der Waals surface area contributed by atoms with E-state index in [9.17, 15) is 4.39 Å². The van der Waals surface area contributed by atoms with Gasteiger partial charge >= 0.3 is 0 Å². The molecule has 5 heteroatoms. The predicted octanol–water partition coefficient (Wildman–Crippen LogP) is 2.69. The third kappa shape index (κ3) is 2.33. The van der Waals surface area contributed by atoms with Crippen LogP contribution in [0.3, 0.4) is 0 Å². The summed E-state index contributed by atoms with van der Waals surface area (Å²) in [6.07, 6.45) is 1.69. The van der Waals surface area contributed by atoms with Gasteiger partial charge in [-0.25, -0.2) is 9.07 Å². The zero-order chi connectivity index (χ0) is 12.4. The molecule has 1 heterocycles. The summed E-state index contributed by atoms with van der Waals surface area (Å²) in [6, 6.07) is 4.92. The Bertz CT molecular complexity index is 517. The molecule has 0 aliphatic rings. The second-order valence-electron chi connectivity index (χ2n) is 3.77. The second-order valence-corrected chi connectivity index (χ2v) is 4.18. The topological polar surface area (TPSA) is 29.9 Å². The lowest BCUT2D eigenvalue weighted by Gasteiger charge is -2.09. The van der Waals surface area contributed by atoms with Crippen LogP contribution in [0.4, 0.5) is 4.39 Å². The van der Waals surface area contributed by atoms with Crippen LogP contribution >= 0.6 is 11.6 Å². The van der Waals surface area contributed by atoms with Crippen molar-refractivity contribution in [3.63, 3.8) is 0 Å². The van der Waals surface area contributed by atoms with E-state index in [0.29, 0.717) is 22.8 Å². The molecule has 0 amide bonds. The second kappa shape index (κ2) is 4.85. The molecule has 0 fully saturated rings. The van der Waals surface area contributed by atoms with Crippen LogP contribution in [-0.4, -0.2) is 16.8 Å². The summed E-state index contributed by atoms with van der Waals surface area (Å²) in [4.78, 5) is 0. The van der Waals surface area contributed by atoms with Crippen molar-refractivity contribution in [1.29, 1.82) is 0 Å². The van der Waals surface area contributed by atoms with Crippen LogP contribution < -0.4 is 5.32 Å². The summed E-state index contributed by atoms with van der Waals surface area (Å²) in [5.74, 6) is -0.249. The molecule has 0 bridgehead atoms. The number of hydrogen-bond acceptors (Lipinski definition) is 2. The Labute approximate surface area is 104 Å². The minimum absolute atomic E-state index is 0.249. The van der Waals surface area contributed by atoms with E-state index in [0.717, 1.165) is 5.69 Å². The van der Waals surface area contributed by atoms with Crippen LogP contribution in [0.1, 0.15) is 11.3 Å². The molecule has 0 saturated heterocycles. The number of rotatable bonds is 3. The highest BCUT2D eigenvalue weighted by Gasteiger charge is 2.11. The van der Waals surface area contributed by atoms with E-state index in [2.05, 4.69) is 10.4 Å². The van der Waals surface area contributed by atoms with E-state index in [1.54, 1.807) is 24.0 Å². The van der Waals surface area contributed by atoms with Gasteiger partial charge in [0.15, 0.2) is 0 Å². The van der Waals surface area contributed by atoms with Crippen molar-refractivity contribution in [2.24, 2.45) is 0 Å².